The zero-order chi connectivity index (χ0) is 22.6. The Hall–Kier alpha value is -2.55. The number of carbonyl (C=O) groups is 1. The van der Waals surface area contributed by atoms with Crippen LogP contribution in [0.2, 0.25) is 10.3 Å². The van der Waals surface area contributed by atoms with Gasteiger partial charge in [-0.15, -0.1) is 0 Å². The van der Waals surface area contributed by atoms with Crippen molar-refractivity contribution in [2.45, 2.75) is 26.4 Å². The molecule has 4 rings (SSSR count). The highest BCUT2D eigenvalue weighted by molar-refractivity contribution is 9.10. The molecule has 0 saturated carbocycles. The van der Waals surface area contributed by atoms with Crippen LogP contribution in [0, 0.1) is 0 Å². The Morgan fingerprint density at radius 2 is 1.45 bits per heavy atom. The molecule has 0 aliphatic heterocycles. The van der Waals surface area contributed by atoms with Gasteiger partial charge in [0.2, 0.25) is 0 Å². The number of anilines is 1. The van der Waals surface area contributed by atoms with E-state index >= 15 is 0 Å². The maximum absolute atomic E-state index is 11.6. The number of ether oxygens (including phenoxy) is 1. The molecule has 0 fully saturated rings. The van der Waals surface area contributed by atoms with Crippen LogP contribution in [-0.4, -0.2) is 31.6 Å². The minimum Gasteiger partial charge on any atom is -0.444 e. The van der Waals surface area contributed by atoms with E-state index in [0.717, 1.165) is 15.5 Å². The molecule has 4 aromatic heterocycles. The molecule has 0 radical (unpaired) electrons. The number of hydrogen-bond acceptors (Lipinski definition) is 6. The summed E-state index contributed by atoms with van der Waals surface area (Å²) in [6.07, 6.45) is 2.75. The minimum atomic E-state index is -0.546. The summed E-state index contributed by atoms with van der Waals surface area (Å²) in [6.45, 7) is 5.39. The van der Waals surface area contributed by atoms with Crippen LogP contribution >= 0.6 is 39.1 Å². The largest absolute Gasteiger partial charge is 0.444 e. The van der Waals surface area contributed by atoms with Crippen molar-refractivity contribution in [3.05, 3.63) is 63.6 Å². The molecule has 0 saturated heterocycles. The molecule has 160 valence electrons. The molecule has 0 aromatic carbocycles. The molecule has 0 bridgehead atoms. The predicted octanol–water partition coefficient (Wildman–Crippen LogP) is 6.68. The Labute approximate surface area is 197 Å². The highest BCUT2D eigenvalue weighted by Gasteiger charge is 2.16. The fourth-order valence-corrected chi connectivity index (χ4v) is 3.06. The average molecular weight is 523 g/mol. The molecule has 4 heterocycles. The highest BCUT2D eigenvalue weighted by Crippen LogP contribution is 2.19. The number of rotatable bonds is 1. The van der Waals surface area contributed by atoms with E-state index in [2.05, 4.69) is 41.2 Å². The minimum absolute atomic E-state index is 0.378. The first-order valence-corrected chi connectivity index (χ1v) is 10.6. The van der Waals surface area contributed by atoms with Gasteiger partial charge in [-0.3, -0.25) is 15.3 Å². The molecule has 7 nitrogen and oxygen atoms in total. The summed E-state index contributed by atoms with van der Waals surface area (Å²) in [5, 5.41) is 3.47. The summed E-state index contributed by atoms with van der Waals surface area (Å²) in [7, 11) is 0. The van der Waals surface area contributed by atoms with Crippen LogP contribution in [-0.2, 0) is 4.74 Å². The molecule has 0 unspecified atom stereocenters. The van der Waals surface area contributed by atoms with E-state index in [1.54, 1.807) is 57.4 Å². The summed E-state index contributed by atoms with van der Waals surface area (Å²) < 4.78 is 6.06. The number of nitrogens with zero attached hydrogens (tertiary/aromatic N) is 4. The number of nitrogens with one attached hydrogen (secondary N) is 1. The third-order valence-corrected chi connectivity index (χ3v) is 4.47. The van der Waals surface area contributed by atoms with E-state index in [1.165, 1.54) is 0 Å². The van der Waals surface area contributed by atoms with Crippen molar-refractivity contribution in [3.8, 4) is 0 Å². The number of halogens is 3. The average Bonchev–Trinajstić information content (AvgIpc) is 2.66. The zero-order valence-electron chi connectivity index (χ0n) is 16.9. The van der Waals surface area contributed by atoms with Gasteiger partial charge in [-0.05, 0) is 73.1 Å². The molecular weight excluding hydrogens is 505 g/mol. The first-order chi connectivity index (χ1) is 14.6. The van der Waals surface area contributed by atoms with Gasteiger partial charge in [-0.1, -0.05) is 23.2 Å². The highest BCUT2D eigenvalue weighted by atomic mass is 79.9. The van der Waals surface area contributed by atoms with Gasteiger partial charge in [-0.2, -0.15) is 0 Å². The monoisotopic (exact) mass is 521 g/mol. The quantitative estimate of drug-likeness (QED) is 0.280. The normalized spacial score (nSPS) is 11.0. The molecule has 0 aliphatic rings. The van der Waals surface area contributed by atoms with Crippen LogP contribution in [0.1, 0.15) is 20.8 Å². The lowest BCUT2D eigenvalue weighted by Gasteiger charge is -2.19. The lowest BCUT2D eigenvalue weighted by Crippen LogP contribution is -2.27. The fourth-order valence-electron chi connectivity index (χ4n) is 2.43. The second-order valence-electron chi connectivity index (χ2n) is 7.35. The van der Waals surface area contributed by atoms with E-state index in [0.29, 0.717) is 27.0 Å². The van der Waals surface area contributed by atoms with Crippen molar-refractivity contribution >= 4 is 73.0 Å². The van der Waals surface area contributed by atoms with Crippen LogP contribution in [0.5, 0.6) is 0 Å². The van der Waals surface area contributed by atoms with Crippen LogP contribution in [0.25, 0.3) is 22.1 Å². The van der Waals surface area contributed by atoms with E-state index in [9.17, 15) is 4.79 Å². The van der Waals surface area contributed by atoms with E-state index in [4.69, 9.17) is 27.9 Å². The molecule has 10 heteroatoms. The number of hydrogen-bond donors (Lipinski definition) is 1. The van der Waals surface area contributed by atoms with Gasteiger partial charge in [-0.25, -0.2) is 14.8 Å². The second kappa shape index (κ2) is 9.72. The van der Waals surface area contributed by atoms with E-state index in [1.807, 2.05) is 12.1 Å². The van der Waals surface area contributed by atoms with Crippen molar-refractivity contribution in [3.63, 3.8) is 0 Å². The van der Waals surface area contributed by atoms with Gasteiger partial charge in [0.25, 0.3) is 0 Å². The lowest BCUT2D eigenvalue weighted by molar-refractivity contribution is 0.0636. The van der Waals surface area contributed by atoms with Crippen molar-refractivity contribution in [1.29, 1.82) is 0 Å². The number of pyridine rings is 4. The van der Waals surface area contributed by atoms with E-state index < -0.39 is 11.7 Å². The summed E-state index contributed by atoms with van der Waals surface area (Å²) >= 11 is 14.8. The van der Waals surface area contributed by atoms with Gasteiger partial charge >= 0.3 is 6.09 Å². The number of aromatic nitrogens is 4. The maximum atomic E-state index is 11.6. The zero-order valence-corrected chi connectivity index (χ0v) is 20.0. The van der Waals surface area contributed by atoms with Gasteiger partial charge < -0.3 is 4.74 Å². The van der Waals surface area contributed by atoms with Crippen molar-refractivity contribution in [2.24, 2.45) is 0 Å². The van der Waals surface area contributed by atoms with Gasteiger partial charge in [0.05, 0.1) is 34.0 Å². The standard InChI is InChI=1S/C13H14ClN3O2.C8H4BrClN2/c1-13(2,3)19-12(18)16-8-6-10-9(15-7-8)4-5-11(14)17-10;9-5-3-7-6(11-4-5)1-2-8(10)12-7/h4-7H,1-3H3,(H,16,18);1-4H. The smallest absolute Gasteiger partial charge is 0.412 e. The molecule has 4 aromatic rings. The predicted molar refractivity (Wildman–Crippen MR) is 127 cm³/mol. The third kappa shape index (κ3) is 6.99. The maximum Gasteiger partial charge on any atom is 0.412 e. The lowest BCUT2D eigenvalue weighted by atomic mass is 10.2. The van der Waals surface area contributed by atoms with Gasteiger partial charge in [0.15, 0.2) is 0 Å². The fraction of sp³-hybridized carbons (Fsp3) is 0.190. The second-order valence-corrected chi connectivity index (χ2v) is 9.04. The topological polar surface area (TPSA) is 89.9 Å². The van der Waals surface area contributed by atoms with Crippen molar-refractivity contribution < 1.29 is 9.53 Å². The summed E-state index contributed by atoms with van der Waals surface area (Å²) in [6, 6.07) is 10.6. The Bertz CT molecular complexity index is 1210. The molecule has 1 amide bonds. The Balaban J connectivity index is 0.000000194. The summed E-state index contributed by atoms with van der Waals surface area (Å²) in [4.78, 5) is 28.2. The Kier molecular flexibility index (Phi) is 7.25. The van der Waals surface area contributed by atoms with Crippen LogP contribution in [0.3, 0.4) is 0 Å². The van der Waals surface area contributed by atoms with Crippen LogP contribution in [0.15, 0.2) is 53.3 Å². The molecule has 0 spiro atoms. The summed E-state index contributed by atoms with van der Waals surface area (Å²) in [5.74, 6) is 0. The number of carbonyl (C=O) groups excluding carboxylic acids is 1. The van der Waals surface area contributed by atoms with Crippen LogP contribution in [0.4, 0.5) is 10.5 Å². The first kappa shape index (κ1) is 23.1. The molecule has 0 atom stereocenters. The van der Waals surface area contributed by atoms with Crippen LogP contribution < -0.4 is 5.32 Å². The Morgan fingerprint density at radius 1 is 0.903 bits per heavy atom. The van der Waals surface area contributed by atoms with E-state index in [-0.39, 0.29) is 0 Å². The summed E-state index contributed by atoms with van der Waals surface area (Å²) in [5.41, 5.74) is 2.94. The van der Waals surface area contributed by atoms with Gasteiger partial charge in [0.1, 0.15) is 15.9 Å². The molecular formula is C21H18BrCl2N5O2. The van der Waals surface area contributed by atoms with Crippen molar-refractivity contribution in [2.75, 3.05) is 5.32 Å². The molecule has 0 aliphatic carbocycles. The number of amides is 1. The SMILES string of the molecule is CC(C)(C)OC(=O)Nc1cnc2ccc(Cl)nc2c1.Clc1ccc2ncc(Br)cc2n1. The molecule has 1 N–H and O–H groups in total. The van der Waals surface area contributed by atoms with Gasteiger partial charge in [0, 0.05) is 10.7 Å². The third-order valence-electron chi connectivity index (χ3n) is 3.62. The van der Waals surface area contributed by atoms with Crippen molar-refractivity contribution in [1.82, 2.24) is 19.9 Å². The number of fused-ring (bicyclic) bond motifs is 2. The Morgan fingerprint density at radius 3 is 2.03 bits per heavy atom. The molecule has 31 heavy (non-hydrogen) atoms. The first-order valence-electron chi connectivity index (χ1n) is 9.09.